The zero-order valence-electron chi connectivity index (χ0n) is 14.9. The van der Waals surface area contributed by atoms with Crippen molar-refractivity contribution in [2.24, 2.45) is 0 Å². The smallest absolute Gasteiger partial charge is 0.323 e. The minimum atomic E-state index is -4.50. The van der Waals surface area contributed by atoms with Crippen LogP contribution in [-0.2, 0) is 21.8 Å². The molecule has 1 atom stereocenters. The molecule has 0 aliphatic heterocycles. The fourth-order valence-corrected chi connectivity index (χ4v) is 3.51. The fraction of sp³-hybridized carbons (Fsp3) is 0.0476. The van der Waals surface area contributed by atoms with E-state index in [2.05, 4.69) is 10.3 Å². The van der Waals surface area contributed by atoms with Gasteiger partial charge in [0.15, 0.2) is 0 Å². The van der Waals surface area contributed by atoms with Crippen molar-refractivity contribution in [3.63, 3.8) is 0 Å². The molecule has 0 radical (unpaired) electrons. The van der Waals surface area contributed by atoms with E-state index < -0.39 is 22.5 Å². The van der Waals surface area contributed by atoms with Crippen LogP contribution in [0.2, 0.25) is 0 Å². The molecule has 1 N–H and O–H groups in total. The van der Waals surface area contributed by atoms with Gasteiger partial charge in [0, 0.05) is 33.9 Å². The second-order valence-corrected chi connectivity index (χ2v) is 7.41. The highest BCUT2D eigenvalue weighted by Crippen LogP contribution is 2.31. The topological polar surface area (TPSA) is 59.1 Å². The lowest BCUT2D eigenvalue weighted by Crippen LogP contribution is -2.08. The van der Waals surface area contributed by atoms with Gasteiger partial charge in [-0.15, -0.1) is 0 Å². The van der Waals surface area contributed by atoms with E-state index in [0.717, 1.165) is 17.7 Å². The Balaban J connectivity index is 1.68. The summed E-state index contributed by atoms with van der Waals surface area (Å²) in [7, 11) is -1.77. The highest BCUT2D eigenvalue weighted by atomic mass is 32.2. The Hall–Kier alpha value is -3.26. The van der Waals surface area contributed by atoms with Gasteiger partial charge in [0.05, 0.1) is 16.4 Å². The average Bonchev–Trinajstić information content (AvgIpc) is 2.72. The molecular weight excluding hydrogens is 401 g/mol. The molecule has 0 saturated heterocycles. The van der Waals surface area contributed by atoms with Crippen LogP contribution in [0, 0.1) is 0 Å². The van der Waals surface area contributed by atoms with Crippen molar-refractivity contribution in [1.82, 2.24) is 4.98 Å². The SMILES string of the molecule is O=C(/C=C/c1cccnc1)Nc1ccc(S(=O)c2cccc(C(F)(F)F)c2)cc1. The minimum Gasteiger partial charge on any atom is -0.323 e. The first-order valence-corrected chi connectivity index (χ1v) is 9.56. The molecule has 1 unspecified atom stereocenters. The third-order valence-corrected chi connectivity index (χ3v) is 5.21. The highest BCUT2D eigenvalue weighted by molar-refractivity contribution is 7.85. The monoisotopic (exact) mass is 416 g/mol. The van der Waals surface area contributed by atoms with Crippen molar-refractivity contribution in [1.29, 1.82) is 0 Å². The Bertz CT molecular complexity index is 1050. The van der Waals surface area contributed by atoms with Crippen LogP contribution in [0.3, 0.4) is 0 Å². The molecule has 0 aliphatic carbocycles. The lowest BCUT2D eigenvalue weighted by Gasteiger charge is -2.09. The second kappa shape index (κ2) is 8.83. The molecule has 4 nitrogen and oxygen atoms in total. The van der Waals surface area contributed by atoms with Crippen molar-refractivity contribution in [2.45, 2.75) is 16.0 Å². The molecule has 1 amide bonds. The average molecular weight is 416 g/mol. The van der Waals surface area contributed by atoms with Crippen LogP contribution in [0.1, 0.15) is 11.1 Å². The maximum absolute atomic E-state index is 12.8. The summed E-state index contributed by atoms with van der Waals surface area (Å²) in [5.41, 5.74) is 0.387. The van der Waals surface area contributed by atoms with Crippen LogP contribution < -0.4 is 5.32 Å². The summed E-state index contributed by atoms with van der Waals surface area (Å²) >= 11 is 0. The van der Waals surface area contributed by atoms with Crippen LogP contribution in [0.15, 0.2) is 88.9 Å². The van der Waals surface area contributed by atoms with Gasteiger partial charge in [0.2, 0.25) is 5.91 Å². The number of nitrogens with zero attached hydrogens (tertiary/aromatic N) is 1. The van der Waals surface area contributed by atoms with Gasteiger partial charge in [0.25, 0.3) is 0 Å². The molecule has 148 valence electrons. The zero-order chi connectivity index (χ0) is 20.9. The van der Waals surface area contributed by atoms with Crippen molar-refractivity contribution < 1.29 is 22.2 Å². The maximum Gasteiger partial charge on any atom is 0.416 e. The van der Waals surface area contributed by atoms with E-state index in [4.69, 9.17) is 0 Å². The molecule has 1 aromatic heterocycles. The Morgan fingerprint density at radius 1 is 1.00 bits per heavy atom. The second-order valence-electron chi connectivity index (χ2n) is 5.93. The van der Waals surface area contributed by atoms with Gasteiger partial charge in [-0.2, -0.15) is 13.2 Å². The van der Waals surface area contributed by atoms with Gasteiger partial charge in [-0.05, 0) is 60.2 Å². The molecule has 0 aliphatic rings. The summed E-state index contributed by atoms with van der Waals surface area (Å²) in [6.07, 6.45) is 1.70. The largest absolute Gasteiger partial charge is 0.416 e. The van der Waals surface area contributed by atoms with E-state index in [1.54, 1.807) is 30.6 Å². The number of hydrogen-bond acceptors (Lipinski definition) is 3. The number of aromatic nitrogens is 1. The molecule has 3 rings (SSSR count). The van der Waals surface area contributed by atoms with Gasteiger partial charge >= 0.3 is 6.18 Å². The number of nitrogens with one attached hydrogen (secondary N) is 1. The Kier molecular flexibility index (Phi) is 6.23. The first-order valence-electron chi connectivity index (χ1n) is 8.41. The predicted molar refractivity (Wildman–Crippen MR) is 104 cm³/mol. The van der Waals surface area contributed by atoms with Crippen molar-refractivity contribution in [3.8, 4) is 0 Å². The van der Waals surface area contributed by atoms with Crippen molar-refractivity contribution in [3.05, 3.63) is 90.3 Å². The van der Waals surface area contributed by atoms with E-state index in [9.17, 15) is 22.2 Å². The number of rotatable bonds is 5. The third-order valence-electron chi connectivity index (χ3n) is 3.82. The van der Waals surface area contributed by atoms with E-state index in [-0.39, 0.29) is 10.8 Å². The number of halogens is 3. The summed E-state index contributed by atoms with van der Waals surface area (Å²) < 4.78 is 51.1. The van der Waals surface area contributed by atoms with Crippen LogP contribution >= 0.6 is 0 Å². The van der Waals surface area contributed by atoms with Gasteiger partial charge in [-0.1, -0.05) is 12.1 Å². The summed E-state index contributed by atoms with van der Waals surface area (Å²) in [5, 5.41) is 2.65. The Morgan fingerprint density at radius 3 is 2.41 bits per heavy atom. The molecule has 29 heavy (non-hydrogen) atoms. The summed E-state index contributed by atoms with van der Waals surface area (Å²) in [4.78, 5) is 16.3. The highest BCUT2D eigenvalue weighted by Gasteiger charge is 2.30. The maximum atomic E-state index is 12.8. The first kappa shape index (κ1) is 20.5. The molecule has 0 spiro atoms. The van der Waals surface area contributed by atoms with Crippen LogP contribution in [-0.4, -0.2) is 15.1 Å². The Morgan fingerprint density at radius 2 is 1.76 bits per heavy atom. The number of anilines is 1. The van der Waals surface area contributed by atoms with Gasteiger partial charge in [0.1, 0.15) is 0 Å². The fourth-order valence-electron chi connectivity index (χ4n) is 2.42. The molecular formula is C21H15F3N2O2S. The number of carbonyl (C=O) groups excluding carboxylic acids is 1. The molecule has 2 aromatic carbocycles. The summed E-state index contributed by atoms with van der Waals surface area (Å²) in [6, 6.07) is 14.0. The number of amides is 1. The molecule has 0 saturated carbocycles. The quantitative estimate of drug-likeness (QED) is 0.601. The van der Waals surface area contributed by atoms with E-state index >= 15 is 0 Å². The normalized spacial score (nSPS) is 12.7. The molecule has 0 bridgehead atoms. The van der Waals surface area contributed by atoms with Gasteiger partial charge < -0.3 is 5.32 Å². The number of carbonyl (C=O) groups is 1. The number of benzene rings is 2. The molecule has 3 aromatic rings. The number of pyridine rings is 1. The van der Waals surface area contributed by atoms with Gasteiger partial charge in [-0.25, -0.2) is 4.21 Å². The van der Waals surface area contributed by atoms with Crippen LogP contribution in [0.25, 0.3) is 6.08 Å². The van der Waals surface area contributed by atoms with Crippen LogP contribution in [0.5, 0.6) is 0 Å². The lowest BCUT2D eigenvalue weighted by atomic mass is 10.2. The molecule has 8 heteroatoms. The third kappa shape index (κ3) is 5.61. The number of hydrogen-bond donors (Lipinski definition) is 1. The van der Waals surface area contributed by atoms with E-state index in [0.29, 0.717) is 10.6 Å². The zero-order valence-corrected chi connectivity index (χ0v) is 15.7. The number of alkyl halides is 3. The van der Waals surface area contributed by atoms with Crippen molar-refractivity contribution in [2.75, 3.05) is 5.32 Å². The Labute approximate surface area is 167 Å². The van der Waals surface area contributed by atoms with Gasteiger partial charge in [-0.3, -0.25) is 9.78 Å². The standard InChI is InChI=1S/C21H15F3N2O2S/c22-21(23,24)16-4-1-5-19(13-16)29(28)18-9-7-17(8-10-18)26-20(27)11-6-15-3-2-12-25-14-15/h1-14H,(H,26,27)/b11-6+. The lowest BCUT2D eigenvalue weighted by molar-refractivity contribution is -0.137. The summed E-state index contributed by atoms with van der Waals surface area (Å²) in [6.45, 7) is 0. The molecule has 0 fully saturated rings. The predicted octanol–water partition coefficient (Wildman–Crippen LogP) is 4.92. The van der Waals surface area contributed by atoms with E-state index in [1.165, 1.54) is 42.5 Å². The van der Waals surface area contributed by atoms with E-state index in [1.807, 2.05) is 0 Å². The minimum absolute atomic E-state index is 0.0519. The molecule has 1 heterocycles. The van der Waals surface area contributed by atoms with Crippen molar-refractivity contribution >= 4 is 28.5 Å². The van der Waals surface area contributed by atoms with Crippen LogP contribution in [0.4, 0.5) is 18.9 Å². The first-order chi connectivity index (χ1) is 13.8. The summed E-state index contributed by atoms with van der Waals surface area (Å²) in [5.74, 6) is -0.361.